The van der Waals surface area contributed by atoms with Gasteiger partial charge < -0.3 is 10.1 Å². The summed E-state index contributed by atoms with van der Waals surface area (Å²) in [6, 6.07) is 13.3. The number of hydrogen-bond acceptors (Lipinski definition) is 4. The molecule has 1 saturated heterocycles. The molecular formula is C20H23ClN2O4S. The van der Waals surface area contributed by atoms with Crippen LogP contribution in [0.3, 0.4) is 0 Å². The van der Waals surface area contributed by atoms with E-state index < -0.39 is 10.0 Å². The number of sulfonamides is 1. The number of carbonyl (C=O) groups excluding carboxylic acids is 1. The van der Waals surface area contributed by atoms with Gasteiger partial charge in [-0.2, -0.15) is 0 Å². The first-order valence-corrected chi connectivity index (χ1v) is 11.0. The average molecular weight is 423 g/mol. The smallest absolute Gasteiger partial charge is 0.251 e. The Hall–Kier alpha value is -1.93. The molecule has 0 radical (unpaired) electrons. The van der Waals surface area contributed by atoms with Gasteiger partial charge in [0, 0.05) is 30.3 Å². The fraction of sp³-hybridized carbons (Fsp3) is 0.350. The molecule has 1 aliphatic rings. The number of hydrogen-bond donors (Lipinski definition) is 2. The normalized spacial score (nSPS) is 16.8. The monoisotopic (exact) mass is 422 g/mol. The molecule has 6 nitrogen and oxygen atoms in total. The maximum Gasteiger partial charge on any atom is 0.251 e. The van der Waals surface area contributed by atoms with Crippen molar-refractivity contribution in [2.75, 3.05) is 19.7 Å². The lowest BCUT2D eigenvalue weighted by molar-refractivity contribution is 0.0954. The van der Waals surface area contributed by atoms with Gasteiger partial charge in [-0.15, -0.1) is 0 Å². The summed E-state index contributed by atoms with van der Waals surface area (Å²) in [5.41, 5.74) is 1.48. The third-order valence-corrected chi connectivity index (χ3v) is 6.26. The predicted octanol–water partition coefficient (Wildman–Crippen LogP) is 2.77. The van der Waals surface area contributed by atoms with Gasteiger partial charge in [0.2, 0.25) is 10.0 Å². The molecule has 2 aromatic rings. The Morgan fingerprint density at radius 3 is 2.46 bits per heavy atom. The molecule has 150 valence electrons. The summed E-state index contributed by atoms with van der Waals surface area (Å²) in [6.07, 6.45) is 2.43. The number of benzene rings is 2. The lowest BCUT2D eigenvalue weighted by Gasteiger charge is -2.12. The standard InChI is InChI=1S/C20H23ClN2O4S/c21-17-7-3-15(4-8-17)11-12-22-20(24)16-5-9-19(10-6-16)28(25,26)23-14-18-2-1-13-27-18/h3-10,18,23H,1-2,11-14H2,(H,22,24). The lowest BCUT2D eigenvalue weighted by Crippen LogP contribution is -2.32. The maximum atomic E-state index is 12.3. The topological polar surface area (TPSA) is 84.5 Å². The second-order valence-electron chi connectivity index (χ2n) is 6.64. The van der Waals surface area contributed by atoms with E-state index in [1.54, 1.807) is 0 Å². The number of amides is 1. The highest BCUT2D eigenvalue weighted by molar-refractivity contribution is 7.89. The number of rotatable bonds is 8. The van der Waals surface area contributed by atoms with E-state index in [4.69, 9.17) is 16.3 Å². The van der Waals surface area contributed by atoms with Crippen molar-refractivity contribution in [2.24, 2.45) is 0 Å². The first kappa shape index (κ1) is 20.8. The highest BCUT2D eigenvalue weighted by atomic mass is 35.5. The molecule has 8 heteroatoms. The molecule has 28 heavy (non-hydrogen) atoms. The molecule has 1 fully saturated rings. The largest absolute Gasteiger partial charge is 0.377 e. The second-order valence-corrected chi connectivity index (χ2v) is 8.85. The highest BCUT2D eigenvalue weighted by Crippen LogP contribution is 2.14. The number of ether oxygens (including phenoxy) is 1. The molecule has 0 aliphatic carbocycles. The van der Waals surface area contributed by atoms with E-state index in [0.717, 1.165) is 18.4 Å². The van der Waals surface area contributed by atoms with Crippen LogP contribution in [-0.4, -0.2) is 40.1 Å². The number of nitrogens with one attached hydrogen (secondary N) is 2. The van der Waals surface area contributed by atoms with Gasteiger partial charge >= 0.3 is 0 Å². The van der Waals surface area contributed by atoms with Gasteiger partial charge in [-0.05, 0) is 61.2 Å². The van der Waals surface area contributed by atoms with Crippen LogP contribution < -0.4 is 10.0 Å². The van der Waals surface area contributed by atoms with Crippen LogP contribution in [0.2, 0.25) is 5.02 Å². The Balaban J connectivity index is 1.50. The van der Waals surface area contributed by atoms with Crippen LogP contribution in [-0.2, 0) is 21.2 Å². The van der Waals surface area contributed by atoms with Crippen molar-refractivity contribution in [3.05, 3.63) is 64.7 Å². The summed E-state index contributed by atoms with van der Waals surface area (Å²) in [6.45, 7) is 1.41. The van der Waals surface area contributed by atoms with Crippen molar-refractivity contribution in [2.45, 2.75) is 30.3 Å². The third kappa shape index (κ3) is 5.78. The Kier molecular flexibility index (Phi) is 7.07. The minimum Gasteiger partial charge on any atom is -0.377 e. The predicted molar refractivity (Wildman–Crippen MR) is 108 cm³/mol. The van der Waals surface area contributed by atoms with Gasteiger partial charge in [0.15, 0.2) is 0 Å². The fourth-order valence-corrected chi connectivity index (χ4v) is 4.14. The number of carbonyl (C=O) groups is 1. The Morgan fingerprint density at radius 2 is 1.82 bits per heavy atom. The van der Waals surface area contributed by atoms with Crippen LogP contribution in [0.15, 0.2) is 53.4 Å². The molecular weight excluding hydrogens is 400 g/mol. The van der Waals surface area contributed by atoms with E-state index in [1.165, 1.54) is 24.3 Å². The van der Waals surface area contributed by atoms with E-state index in [9.17, 15) is 13.2 Å². The second kappa shape index (κ2) is 9.52. The zero-order valence-corrected chi connectivity index (χ0v) is 16.9. The van der Waals surface area contributed by atoms with Crippen LogP contribution in [0.5, 0.6) is 0 Å². The molecule has 1 unspecified atom stereocenters. The zero-order chi connectivity index (χ0) is 20.0. The summed E-state index contributed by atoms with van der Waals surface area (Å²) in [5.74, 6) is -0.245. The quantitative estimate of drug-likeness (QED) is 0.685. The van der Waals surface area contributed by atoms with Crippen LogP contribution >= 0.6 is 11.6 Å². The average Bonchev–Trinajstić information content (AvgIpc) is 3.22. The molecule has 1 heterocycles. The zero-order valence-electron chi connectivity index (χ0n) is 15.4. The molecule has 2 aromatic carbocycles. The van der Waals surface area contributed by atoms with Crippen molar-refractivity contribution in [3.8, 4) is 0 Å². The summed E-state index contributed by atoms with van der Waals surface area (Å²) in [4.78, 5) is 12.4. The summed E-state index contributed by atoms with van der Waals surface area (Å²) < 4.78 is 32.7. The Labute approximate surface area is 170 Å². The molecule has 2 N–H and O–H groups in total. The van der Waals surface area contributed by atoms with Crippen LogP contribution in [0.25, 0.3) is 0 Å². The van der Waals surface area contributed by atoms with E-state index in [-0.39, 0.29) is 23.5 Å². The van der Waals surface area contributed by atoms with Crippen molar-refractivity contribution in [3.63, 3.8) is 0 Å². The van der Waals surface area contributed by atoms with Gasteiger partial charge in [0.05, 0.1) is 11.0 Å². The van der Waals surface area contributed by atoms with E-state index >= 15 is 0 Å². The number of halogens is 1. The Bertz CT molecular complexity index is 893. The molecule has 0 saturated carbocycles. The van der Waals surface area contributed by atoms with E-state index in [1.807, 2.05) is 24.3 Å². The summed E-state index contributed by atoms with van der Waals surface area (Å²) >= 11 is 5.85. The van der Waals surface area contributed by atoms with E-state index in [0.29, 0.717) is 30.2 Å². The molecule has 0 spiro atoms. The minimum atomic E-state index is -3.62. The molecule has 1 amide bonds. The lowest BCUT2D eigenvalue weighted by atomic mass is 10.1. The van der Waals surface area contributed by atoms with Crippen LogP contribution in [0.1, 0.15) is 28.8 Å². The summed E-state index contributed by atoms with van der Waals surface area (Å²) in [7, 11) is -3.62. The first-order chi connectivity index (χ1) is 13.4. The van der Waals surface area contributed by atoms with E-state index in [2.05, 4.69) is 10.0 Å². The van der Waals surface area contributed by atoms with Crippen molar-refractivity contribution in [1.82, 2.24) is 10.0 Å². The third-order valence-electron chi connectivity index (χ3n) is 4.56. The van der Waals surface area contributed by atoms with Crippen molar-refractivity contribution in [1.29, 1.82) is 0 Å². The van der Waals surface area contributed by atoms with Crippen LogP contribution in [0, 0.1) is 0 Å². The SMILES string of the molecule is O=C(NCCc1ccc(Cl)cc1)c1ccc(S(=O)(=O)NCC2CCCO2)cc1. The van der Waals surface area contributed by atoms with Gasteiger partial charge in [-0.1, -0.05) is 23.7 Å². The summed E-state index contributed by atoms with van der Waals surface area (Å²) in [5, 5.41) is 3.50. The van der Waals surface area contributed by atoms with Crippen molar-refractivity contribution >= 4 is 27.5 Å². The van der Waals surface area contributed by atoms with Gasteiger partial charge in [0.25, 0.3) is 5.91 Å². The minimum absolute atomic E-state index is 0.0690. The maximum absolute atomic E-state index is 12.3. The van der Waals surface area contributed by atoms with Gasteiger partial charge in [0.1, 0.15) is 0 Å². The molecule has 0 aromatic heterocycles. The molecule has 1 aliphatic heterocycles. The Morgan fingerprint density at radius 1 is 1.11 bits per heavy atom. The highest BCUT2D eigenvalue weighted by Gasteiger charge is 2.20. The molecule has 0 bridgehead atoms. The fourth-order valence-electron chi connectivity index (χ4n) is 2.95. The van der Waals surface area contributed by atoms with Gasteiger partial charge in [-0.25, -0.2) is 13.1 Å². The molecule has 3 rings (SSSR count). The van der Waals surface area contributed by atoms with Crippen molar-refractivity contribution < 1.29 is 17.9 Å². The van der Waals surface area contributed by atoms with Gasteiger partial charge in [-0.3, -0.25) is 4.79 Å². The van der Waals surface area contributed by atoms with Crippen LogP contribution in [0.4, 0.5) is 0 Å². The molecule has 1 atom stereocenters. The first-order valence-electron chi connectivity index (χ1n) is 9.18.